The molecule has 2 saturated heterocycles. The van der Waals surface area contributed by atoms with Gasteiger partial charge in [-0.25, -0.2) is 0 Å². The van der Waals surface area contributed by atoms with Gasteiger partial charge < -0.3 is 15.5 Å². The lowest BCUT2D eigenvalue weighted by molar-refractivity contribution is -0.148. The van der Waals surface area contributed by atoms with Gasteiger partial charge in [0.2, 0.25) is 11.8 Å². The lowest BCUT2D eigenvalue weighted by atomic mass is 9.74. The van der Waals surface area contributed by atoms with E-state index in [9.17, 15) is 9.59 Å². The van der Waals surface area contributed by atoms with Crippen LogP contribution in [0.3, 0.4) is 0 Å². The standard InChI is InChI=1S/C14H25N3O2/c1-13(2,14(3,4)15)12(19)16-7-8-17-10(9-16)5-6-11(17)18/h10H,5-9,15H2,1-4H3. The Hall–Kier alpha value is -1.10. The molecule has 2 aliphatic rings. The Bertz CT molecular complexity index is 398. The zero-order valence-corrected chi connectivity index (χ0v) is 12.4. The molecule has 2 fully saturated rings. The van der Waals surface area contributed by atoms with Crippen LogP contribution in [0.25, 0.3) is 0 Å². The number of nitrogens with two attached hydrogens (primary N) is 1. The SMILES string of the molecule is CC(C)(N)C(C)(C)C(=O)N1CCN2C(=O)CCC2C1. The number of fused-ring (bicyclic) bond motifs is 1. The van der Waals surface area contributed by atoms with Gasteiger partial charge in [0.15, 0.2) is 0 Å². The van der Waals surface area contributed by atoms with E-state index in [1.54, 1.807) is 0 Å². The Morgan fingerprint density at radius 1 is 1.26 bits per heavy atom. The molecular weight excluding hydrogens is 242 g/mol. The van der Waals surface area contributed by atoms with Crippen molar-refractivity contribution in [3.8, 4) is 0 Å². The molecule has 0 aromatic heterocycles. The molecule has 0 saturated carbocycles. The van der Waals surface area contributed by atoms with Crippen LogP contribution in [-0.2, 0) is 9.59 Å². The van der Waals surface area contributed by atoms with E-state index < -0.39 is 11.0 Å². The van der Waals surface area contributed by atoms with Crippen LogP contribution in [-0.4, -0.2) is 52.8 Å². The number of rotatable bonds is 2. The maximum Gasteiger partial charge on any atom is 0.230 e. The van der Waals surface area contributed by atoms with Crippen LogP contribution < -0.4 is 5.73 Å². The summed E-state index contributed by atoms with van der Waals surface area (Å²) in [7, 11) is 0. The van der Waals surface area contributed by atoms with Crippen molar-refractivity contribution < 1.29 is 9.59 Å². The fourth-order valence-electron chi connectivity index (χ4n) is 2.72. The number of carbonyl (C=O) groups excluding carboxylic acids is 2. The van der Waals surface area contributed by atoms with Crippen molar-refractivity contribution in [1.82, 2.24) is 9.80 Å². The van der Waals surface area contributed by atoms with Crippen LogP contribution in [0.15, 0.2) is 0 Å². The molecule has 1 unspecified atom stereocenters. The third kappa shape index (κ3) is 2.36. The van der Waals surface area contributed by atoms with Crippen molar-refractivity contribution in [2.24, 2.45) is 11.1 Å². The fraction of sp³-hybridized carbons (Fsp3) is 0.857. The molecule has 19 heavy (non-hydrogen) atoms. The first kappa shape index (κ1) is 14.3. The van der Waals surface area contributed by atoms with E-state index in [1.165, 1.54) is 0 Å². The molecule has 108 valence electrons. The Morgan fingerprint density at radius 3 is 2.47 bits per heavy atom. The summed E-state index contributed by atoms with van der Waals surface area (Å²) in [6.45, 7) is 9.53. The highest BCUT2D eigenvalue weighted by Gasteiger charge is 2.45. The van der Waals surface area contributed by atoms with Gasteiger partial charge >= 0.3 is 0 Å². The van der Waals surface area contributed by atoms with Crippen molar-refractivity contribution in [2.45, 2.75) is 52.1 Å². The van der Waals surface area contributed by atoms with Crippen molar-refractivity contribution in [3.05, 3.63) is 0 Å². The molecule has 0 bridgehead atoms. The zero-order chi connectivity index (χ0) is 14.4. The third-order valence-corrected chi connectivity index (χ3v) is 4.93. The molecule has 2 rings (SSSR count). The monoisotopic (exact) mass is 267 g/mol. The number of amides is 2. The average molecular weight is 267 g/mol. The first-order chi connectivity index (χ1) is 8.64. The molecule has 2 aliphatic heterocycles. The fourth-order valence-corrected chi connectivity index (χ4v) is 2.72. The minimum Gasteiger partial charge on any atom is -0.338 e. The zero-order valence-electron chi connectivity index (χ0n) is 12.4. The van der Waals surface area contributed by atoms with Crippen LogP contribution in [0.2, 0.25) is 0 Å². The maximum atomic E-state index is 12.7. The Labute approximate surface area is 115 Å². The van der Waals surface area contributed by atoms with E-state index in [1.807, 2.05) is 37.5 Å². The van der Waals surface area contributed by atoms with E-state index >= 15 is 0 Å². The van der Waals surface area contributed by atoms with Gasteiger partial charge in [-0.05, 0) is 34.1 Å². The van der Waals surface area contributed by atoms with E-state index in [0.717, 1.165) is 6.42 Å². The lowest BCUT2D eigenvalue weighted by Gasteiger charge is -2.44. The molecule has 2 amide bonds. The van der Waals surface area contributed by atoms with Gasteiger partial charge in [-0.1, -0.05) is 0 Å². The molecule has 2 heterocycles. The summed E-state index contributed by atoms with van der Waals surface area (Å²) in [6.07, 6.45) is 1.49. The first-order valence-corrected chi connectivity index (χ1v) is 7.02. The number of carbonyl (C=O) groups is 2. The second-order valence-corrected chi connectivity index (χ2v) is 6.88. The summed E-state index contributed by atoms with van der Waals surface area (Å²) in [5.74, 6) is 0.328. The average Bonchev–Trinajstić information content (AvgIpc) is 2.68. The minimum atomic E-state index is -0.599. The number of nitrogens with zero attached hydrogens (tertiary/aromatic N) is 2. The molecule has 0 radical (unpaired) electrons. The third-order valence-electron chi connectivity index (χ3n) is 4.93. The van der Waals surface area contributed by atoms with Crippen molar-refractivity contribution in [3.63, 3.8) is 0 Å². The van der Waals surface area contributed by atoms with Crippen LogP contribution in [0, 0.1) is 5.41 Å². The summed E-state index contributed by atoms with van der Waals surface area (Å²) in [4.78, 5) is 28.1. The molecule has 0 spiro atoms. The van der Waals surface area contributed by atoms with Crippen LogP contribution in [0.5, 0.6) is 0 Å². The van der Waals surface area contributed by atoms with Crippen molar-refractivity contribution >= 4 is 11.8 Å². The molecular formula is C14H25N3O2. The predicted molar refractivity (Wildman–Crippen MR) is 73.4 cm³/mol. The van der Waals surface area contributed by atoms with Crippen molar-refractivity contribution in [2.75, 3.05) is 19.6 Å². The highest BCUT2D eigenvalue weighted by molar-refractivity contribution is 5.84. The highest BCUT2D eigenvalue weighted by Crippen LogP contribution is 2.32. The summed E-state index contributed by atoms with van der Waals surface area (Å²) in [5, 5.41) is 0. The summed E-state index contributed by atoms with van der Waals surface area (Å²) in [5.41, 5.74) is 4.98. The molecule has 0 aromatic rings. The Kier molecular flexibility index (Phi) is 3.37. The summed E-state index contributed by atoms with van der Waals surface area (Å²) in [6, 6.07) is 0.210. The molecule has 5 heteroatoms. The number of hydrogen-bond donors (Lipinski definition) is 1. The smallest absolute Gasteiger partial charge is 0.230 e. The molecule has 0 aliphatic carbocycles. The number of piperazine rings is 1. The van der Waals surface area contributed by atoms with E-state index in [0.29, 0.717) is 26.1 Å². The highest BCUT2D eigenvalue weighted by atomic mass is 16.2. The van der Waals surface area contributed by atoms with E-state index in [-0.39, 0.29) is 17.9 Å². The molecule has 2 N–H and O–H groups in total. The first-order valence-electron chi connectivity index (χ1n) is 7.02. The topological polar surface area (TPSA) is 66.6 Å². The van der Waals surface area contributed by atoms with Gasteiger partial charge in [0.05, 0.1) is 5.41 Å². The van der Waals surface area contributed by atoms with Crippen LogP contribution in [0.1, 0.15) is 40.5 Å². The van der Waals surface area contributed by atoms with Gasteiger partial charge in [-0.2, -0.15) is 0 Å². The predicted octanol–water partition coefficient (Wildman–Crippen LogP) is 0.583. The van der Waals surface area contributed by atoms with Crippen LogP contribution in [0.4, 0.5) is 0 Å². The van der Waals surface area contributed by atoms with Gasteiger partial charge in [0.1, 0.15) is 0 Å². The number of hydrogen-bond acceptors (Lipinski definition) is 3. The largest absolute Gasteiger partial charge is 0.338 e. The van der Waals surface area contributed by atoms with Gasteiger partial charge in [0, 0.05) is 37.6 Å². The minimum absolute atomic E-state index is 0.0963. The van der Waals surface area contributed by atoms with E-state index in [4.69, 9.17) is 5.73 Å². The second-order valence-electron chi connectivity index (χ2n) is 6.88. The van der Waals surface area contributed by atoms with Crippen molar-refractivity contribution in [1.29, 1.82) is 0 Å². The normalized spacial score (nSPS) is 24.7. The van der Waals surface area contributed by atoms with Gasteiger partial charge in [-0.15, -0.1) is 0 Å². The molecule has 0 aromatic carbocycles. The van der Waals surface area contributed by atoms with E-state index in [2.05, 4.69) is 0 Å². The maximum absolute atomic E-state index is 12.7. The van der Waals surface area contributed by atoms with Gasteiger partial charge in [0.25, 0.3) is 0 Å². The summed E-state index contributed by atoms with van der Waals surface area (Å²) >= 11 is 0. The van der Waals surface area contributed by atoms with Crippen LogP contribution >= 0.6 is 0 Å². The summed E-state index contributed by atoms with van der Waals surface area (Å²) < 4.78 is 0. The van der Waals surface area contributed by atoms with Gasteiger partial charge in [-0.3, -0.25) is 9.59 Å². The lowest BCUT2D eigenvalue weighted by Crippen LogP contribution is -2.61. The molecule has 5 nitrogen and oxygen atoms in total. The quantitative estimate of drug-likeness (QED) is 0.796. The Morgan fingerprint density at radius 2 is 1.89 bits per heavy atom. The second kappa shape index (κ2) is 4.47. The molecule has 1 atom stereocenters. The Balaban J connectivity index is 2.08.